The predicted molar refractivity (Wildman–Crippen MR) is 158 cm³/mol. The number of benzene rings is 3. The smallest absolute Gasteiger partial charge is 0.409 e. The number of hydrogen-bond acceptors (Lipinski definition) is 6. The molecular weight excluding hydrogens is 569 g/mol. The van der Waals surface area contributed by atoms with Crippen molar-refractivity contribution in [3.05, 3.63) is 99.5 Å². The average Bonchev–Trinajstić information content (AvgIpc) is 2.95. The Hall–Kier alpha value is -3.30. The van der Waals surface area contributed by atoms with Crippen LogP contribution in [0.25, 0.3) is 0 Å². The van der Waals surface area contributed by atoms with E-state index < -0.39 is 18.2 Å². The third kappa shape index (κ3) is 12.0. The molecule has 0 aliphatic heterocycles. The second-order valence-electron chi connectivity index (χ2n) is 9.15. The zero-order chi connectivity index (χ0) is 29.5. The summed E-state index contributed by atoms with van der Waals surface area (Å²) in [5.74, 6) is -0.396. The Kier molecular flexibility index (Phi) is 13.8. The summed E-state index contributed by atoms with van der Waals surface area (Å²) in [6, 6.07) is 22.1. The monoisotopic (exact) mass is 603 g/mol. The van der Waals surface area contributed by atoms with Gasteiger partial charge in [0.2, 0.25) is 0 Å². The van der Waals surface area contributed by atoms with Crippen LogP contribution in [0.15, 0.2) is 72.8 Å². The summed E-state index contributed by atoms with van der Waals surface area (Å²) < 4.78 is 22.4. The number of carbonyl (C=O) groups is 2. The first-order chi connectivity index (χ1) is 19.8. The molecule has 1 N–H and O–H groups in total. The van der Waals surface area contributed by atoms with Crippen LogP contribution >= 0.6 is 23.2 Å². The molecule has 0 aliphatic carbocycles. The second kappa shape index (κ2) is 17.5. The van der Waals surface area contributed by atoms with Gasteiger partial charge in [0.1, 0.15) is 12.4 Å². The van der Waals surface area contributed by atoms with Crippen molar-refractivity contribution in [3.63, 3.8) is 0 Å². The standard InChI is InChI=1S/C31H35Cl2NO7/c1-2-39-29(30(35)36)20-24-8-10-28(11-9-24)40-17-14-34(31(37)41-15-12-23-6-4-3-5-7-23)13-16-38-22-25-18-26(32)21-27(33)19-25/h3-11,18-19,21,29H,2,12-17,20,22H2,1H3,(H,35,36). The molecule has 0 saturated carbocycles. The predicted octanol–water partition coefficient (Wildman–Crippen LogP) is 6.30. The minimum Gasteiger partial charge on any atom is -0.492 e. The van der Waals surface area contributed by atoms with Gasteiger partial charge in [-0.25, -0.2) is 9.59 Å². The largest absolute Gasteiger partial charge is 0.492 e. The van der Waals surface area contributed by atoms with Gasteiger partial charge in [-0.1, -0.05) is 65.7 Å². The molecule has 8 nitrogen and oxygen atoms in total. The molecule has 0 bridgehead atoms. The molecular formula is C31H35Cl2NO7. The van der Waals surface area contributed by atoms with Crippen molar-refractivity contribution in [3.8, 4) is 5.75 Å². The Labute approximate surface area is 250 Å². The molecule has 0 spiro atoms. The van der Waals surface area contributed by atoms with Crippen LogP contribution in [-0.4, -0.2) is 67.7 Å². The number of carboxylic acid groups (broad SMARTS) is 1. The van der Waals surface area contributed by atoms with Crippen LogP contribution in [0.1, 0.15) is 23.6 Å². The fourth-order valence-electron chi connectivity index (χ4n) is 3.97. The molecule has 1 amide bonds. The molecule has 3 aromatic rings. The Morgan fingerprint density at radius 1 is 0.854 bits per heavy atom. The van der Waals surface area contributed by atoms with E-state index in [1.807, 2.05) is 30.3 Å². The van der Waals surface area contributed by atoms with Gasteiger partial charge < -0.3 is 29.0 Å². The summed E-state index contributed by atoms with van der Waals surface area (Å²) in [6.45, 7) is 3.72. The zero-order valence-corrected chi connectivity index (χ0v) is 24.5. The van der Waals surface area contributed by atoms with E-state index >= 15 is 0 Å². The lowest BCUT2D eigenvalue weighted by Gasteiger charge is -2.22. The molecule has 1 unspecified atom stereocenters. The lowest BCUT2D eigenvalue weighted by Crippen LogP contribution is -2.38. The SMILES string of the molecule is CCOC(Cc1ccc(OCCN(CCOCc2cc(Cl)cc(Cl)c2)C(=O)OCCc2ccccc2)cc1)C(=O)O. The van der Waals surface area contributed by atoms with Gasteiger partial charge >= 0.3 is 12.1 Å². The van der Waals surface area contributed by atoms with Gasteiger partial charge in [-0.2, -0.15) is 0 Å². The summed E-state index contributed by atoms with van der Waals surface area (Å²) in [6.07, 6.45) is -0.481. The van der Waals surface area contributed by atoms with Crippen LogP contribution < -0.4 is 4.74 Å². The molecule has 10 heteroatoms. The Morgan fingerprint density at radius 3 is 2.20 bits per heavy atom. The van der Waals surface area contributed by atoms with E-state index in [1.54, 1.807) is 54.3 Å². The Morgan fingerprint density at radius 2 is 1.54 bits per heavy atom. The van der Waals surface area contributed by atoms with Crippen molar-refractivity contribution in [2.75, 3.05) is 39.5 Å². The van der Waals surface area contributed by atoms with Gasteiger partial charge in [0.15, 0.2) is 6.10 Å². The van der Waals surface area contributed by atoms with Crippen molar-refractivity contribution < 1.29 is 33.6 Å². The number of aliphatic carboxylic acids is 1. The van der Waals surface area contributed by atoms with Gasteiger partial charge in [0.05, 0.1) is 26.4 Å². The van der Waals surface area contributed by atoms with Crippen LogP contribution in [0.4, 0.5) is 4.79 Å². The maximum atomic E-state index is 12.9. The molecule has 3 rings (SSSR count). The van der Waals surface area contributed by atoms with Gasteiger partial charge in [-0.05, 0) is 53.9 Å². The third-order valence-corrected chi connectivity index (χ3v) is 6.47. The first kappa shape index (κ1) is 32.2. The van der Waals surface area contributed by atoms with Crippen LogP contribution in [0, 0.1) is 0 Å². The number of amides is 1. The number of hydrogen-bond donors (Lipinski definition) is 1. The molecule has 1 atom stereocenters. The fraction of sp³-hybridized carbons (Fsp3) is 0.355. The molecule has 220 valence electrons. The van der Waals surface area contributed by atoms with Gasteiger partial charge in [0.25, 0.3) is 0 Å². The topological polar surface area (TPSA) is 94.5 Å². The van der Waals surface area contributed by atoms with Gasteiger partial charge in [-0.3, -0.25) is 0 Å². The van der Waals surface area contributed by atoms with E-state index in [-0.39, 0.29) is 32.8 Å². The molecule has 0 fully saturated rings. The first-order valence-corrected chi connectivity index (χ1v) is 14.1. The maximum Gasteiger partial charge on any atom is 0.409 e. The summed E-state index contributed by atoms with van der Waals surface area (Å²) in [5.41, 5.74) is 2.74. The number of carboxylic acids is 1. The van der Waals surface area contributed by atoms with Crippen LogP contribution in [-0.2, 0) is 38.5 Å². The lowest BCUT2D eigenvalue weighted by molar-refractivity contribution is -0.149. The molecule has 0 aromatic heterocycles. The maximum absolute atomic E-state index is 12.9. The van der Waals surface area contributed by atoms with Crippen LogP contribution in [0.3, 0.4) is 0 Å². The Balaban J connectivity index is 1.51. The van der Waals surface area contributed by atoms with E-state index in [4.69, 9.17) is 42.1 Å². The fourth-order valence-corrected chi connectivity index (χ4v) is 4.55. The van der Waals surface area contributed by atoms with Crippen molar-refractivity contribution in [2.24, 2.45) is 0 Å². The van der Waals surface area contributed by atoms with Crippen LogP contribution in [0.5, 0.6) is 5.75 Å². The minimum atomic E-state index is -0.997. The van der Waals surface area contributed by atoms with Crippen molar-refractivity contribution in [2.45, 2.75) is 32.5 Å². The molecule has 0 heterocycles. The van der Waals surface area contributed by atoms with Gasteiger partial charge in [-0.15, -0.1) is 0 Å². The third-order valence-electron chi connectivity index (χ3n) is 6.03. The number of rotatable bonds is 17. The molecule has 3 aromatic carbocycles. The lowest BCUT2D eigenvalue weighted by atomic mass is 10.1. The summed E-state index contributed by atoms with van der Waals surface area (Å²) >= 11 is 12.1. The molecule has 0 aliphatic rings. The summed E-state index contributed by atoms with van der Waals surface area (Å²) in [4.78, 5) is 25.8. The highest BCUT2D eigenvalue weighted by Crippen LogP contribution is 2.19. The number of ether oxygens (including phenoxy) is 4. The summed E-state index contributed by atoms with van der Waals surface area (Å²) in [5, 5.41) is 10.3. The Bertz CT molecular complexity index is 1200. The van der Waals surface area contributed by atoms with Gasteiger partial charge in [0, 0.05) is 36.0 Å². The van der Waals surface area contributed by atoms with Crippen molar-refractivity contribution in [1.29, 1.82) is 0 Å². The highest BCUT2D eigenvalue weighted by atomic mass is 35.5. The highest BCUT2D eigenvalue weighted by molar-refractivity contribution is 6.34. The first-order valence-electron chi connectivity index (χ1n) is 13.4. The minimum absolute atomic E-state index is 0.230. The van der Waals surface area contributed by atoms with E-state index in [0.717, 1.165) is 16.7 Å². The van der Waals surface area contributed by atoms with E-state index in [2.05, 4.69) is 0 Å². The van der Waals surface area contributed by atoms with E-state index in [0.29, 0.717) is 42.0 Å². The normalized spacial score (nSPS) is 11.6. The summed E-state index contributed by atoms with van der Waals surface area (Å²) in [7, 11) is 0. The average molecular weight is 605 g/mol. The molecule has 41 heavy (non-hydrogen) atoms. The van der Waals surface area contributed by atoms with E-state index in [9.17, 15) is 14.7 Å². The number of nitrogens with zero attached hydrogens (tertiary/aromatic N) is 1. The van der Waals surface area contributed by atoms with E-state index in [1.165, 1.54) is 0 Å². The molecule has 0 saturated heterocycles. The number of carbonyl (C=O) groups excluding carboxylic acids is 1. The molecule has 0 radical (unpaired) electrons. The highest BCUT2D eigenvalue weighted by Gasteiger charge is 2.18. The van der Waals surface area contributed by atoms with Crippen LogP contribution in [0.2, 0.25) is 10.0 Å². The van der Waals surface area contributed by atoms with Crippen molar-refractivity contribution in [1.82, 2.24) is 4.90 Å². The quantitative estimate of drug-likeness (QED) is 0.181. The number of halogens is 2. The second-order valence-corrected chi connectivity index (χ2v) is 10.0. The van der Waals surface area contributed by atoms with Crippen molar-refractivity contribution >= 4 is 35.3 Å². The zero-order valence-electron chi connectivity index (χ0n) is 23.0.